The second-order valence-corrected chi connectivity index (χ2v) is 8.66. The highest BCUT2D eigenvalue weighted by Crippen LogP contribution is 2.46. The van der Waals surface area contributed by atoms with Gasteiger partial charge >= 0.3 is 0 Å². The Balaban J connectivity index is 1.47. The summed E-state index contributed by atoms with van der Waals surface area (Å²) in [5.74, 6) is 3.51. The lowest BCUT2D eigenvalue weighted by Gasteiger charge is -2.42. The molecule has 2 atom stereocenters. The molecule has 0 bridgehead atoms. The molecule has 23 heavy (non-hydrogen) atoms. The van der Waals surface area contributed by atoms with Crippen molar-refractivity contribution in [3.63, 3.8) is 0 Å². The molecule has 0 aromatic rings. The number of rotatable bonds is 3. The van der Waals surface area contributed by atoms with Crippen LogP contribution in [-0.4, -0.2) is 25.6 Å². The summed E-state index contributed by atoms with van der Waals surface area (Å²) >= 11 is 0. The molecule has 3 heteroatoms. The molecule has 0 aromatic heterocycles. The normalized spacial score (nSPS) is 49.0. The SMILES string of the molecule is COC1C(F)CC(C2CCC(C3CCC(C)CC3)CC2)CC1F. The number of methoxy groups -OCH3 is 1. The number of halogens is 2. The Morgan fingerprint density at radius 2 is 1.04 bits per heavy atom. The molecule has 1 nitrogen and oxygen atoms in total. The average molecular weight is 328 g/mol. The number of hydrogen-bond acceptors (Lipinski definition) is 1. The van der Waals surface area contributed by atoms with Gasteiger partial charge in [0.15, 0.2) is 0 Å². The number of hydrogen-bond donors (Lipinski definition) is 0. The lowest BCUT2D eigenvalue weighted by molar-refractivity contribution is -0.0722. The third kappa shape index (κ3) is 4.08. The topological polar surface area (TPSA) is 9.23 Å². The van der Waals surface area contributed by atoms with Crippen molar-refractivity contribution in [3.8, 4) is 0 Å². The summed E-state index contributed by atoms with van der Waals surface area (Å²) in [4.78, 5) is 0. The molecule has 0 N–H and O–H groups in total. The van der Waals surface area contributed by atoms with Gasteiger partial charge in [-0.05, 0) is 81.0 Å². The van der Waals surface area contributed by atoms with E-state index in [1.54, 1.807) is 0 Å². The molecule has 134 valence electrons. The zero-order valence-corrected chi connectivity index (χ0v) is 14.9. The summed E-state index contributed by atoms with van der Waals surface area (Å²) < 4.78 is 33.3. The van der Waals surface area contributed by atoms with E-state index in [1.165, 1.54) is 58.5 Å². The first kappa shape index (κ1) is 17.6. The highest BCUT2D eigenvalue weighted by atomic mass is 19.1. The fraction of sp³-hybridized carbons (Fsp3) is 1.00. The van der Waals surface area contributed by atoms with E-state index in [0.717, 1.165) is 17.8 Å². The van der Waals surface area contributed by atoms with Gasteiger partial charge in [-0.2, -0.15) is 0 Å². The fourth-order valence-electron chi connectivity index (χ4n) is 5.69. The van der Waals surface area contributed by atoms with Crippen LogP contribution in [0.15, 0.2) is 0 Å². The molecule has 0 radical (unpaired) electrons. The molecule has 3 saturated carbocycles. The number of ether oxygens (including phenoxy) is 1. The lowest BCUT2D eigenvalue weighted by atomic mass is 9.65. The Morgan fingerprint density at radius 1 is 0.652 bits per heavy atom. The van der Waals surface area contributed by atoms with Gasteiger partial charge in [0.1, 0.15) is 18.4 Å². The summed E-state index contributed by atoms with van der Waals surface area (Å²) in [6.45, 7) is 2.38. The van der Waals surface area contributed by atoms with Crippen LogP contribution in [0, 0.1) is 29.6 Å². The van der Waals surface area contributed by atoms with Crippen LogP contribution in [0.25, 0.3) is 0 Å². The molecule has 0 amide bonds. The van der Waals surface area contributed by atoms with Crippen LogP contribution in [0.5, 0.6) is 0 Å². The minimum atomic E-state index is -1.12. The summed E-state index contributed by atoms with van der Waals surface area (Å²) in [6.07, 6.45) is 8.55. The predicted molar refractivity (Wildman–Crippen MR) is 89.9 cm³/mol. The first-order valence-corrected chi connectivity index (χ1v) is 9.89. The van der Waals surface area contributed by atoms with Crippen LogP contribution >= 0.6 is 0 Å². The average Bonchev–Trinajstić information content (AvgIpc) is 2.55. The predicted octanol–water partition coefficient (Wildman–Crippen LogP) is 5.72. The Kier molecular flexibility index (Phi) is 5.98. The van der Waals surface area contributed by atoms with E-state index < -0.39 is 18.4 Å². The molecule has 3 rings (SSSR count). The molecule has 3 aliphatic carbocycles. The van der Waals surface area contributed by atoms with Crippen molar-refractivity contribution in [2.24, 2.45) is 29.6 Å². The van der Waals surface area contributed by atoms with E-state index in [-0.39, 0.29) is 5.92 Å². The van der Waals surface area contributed by atoms with Crippen LogP contribution in [0.2, 0.25) is 0 Å². The number of alkyl halides is 2. The molecule has 0 aromatic carbocycles. The third-order valence-electron chi connectivity index (χ3n) is 7.25. The van der Waals surface area contributed by atoms with Crippen molar-refractivity contribution in [1.29, 1.82) is 0 Å². The maximum Gasteiger partial charge on any atom is 0.129 e. The van der Waals surface area contributed by atoms with Crippen LogP contribution in [0.3, 0.4) is 0 Å². The van der Waals surface area contributed by atoms with Gasteiger partial charge in [0, 0.05) is 7.11 Å². The summed E-state index contributed by atoms with van der Waals surface area (Å²) in [6, 6.07) is 0. The molecule has 2 unspecified atom stereocenters. The Hall–Kier alpha value is -0.180. The standard InChI is InChI=1S/C20H34F2O/c1-13-3-5-14(6-4-13)15-7-9-16(10-8-15)17-11-18(21)20(23-2)19(22)12-17/h13-20H,3-12H2,1-2H3. The van der Waals surface area contributed by atoms with E-state index in [9.17, 15) is 8.78 Å². The molecule has 0 saturated heterocycles. The zero-order chi connectivity index (χ0) is 16.4. The minimum absolute atomic E-state index is 0.235. The minimum Gasteiger partial charge on any atom is -0.375 e. The Bertz CT molecular complexity index is 347. The maximum absolute atomic E-state index is 14.1. The zero-order valence-electron chi connectivity index (χ0n) is 14.9. The van der Waals surface area contributed by atoms with E-state index >= 15 is 0 Å². The van der Waals surface area contributed by atoms with Crippen LogP contribution < -0.4 is 0 Å². The highest BCUT2D eigenvalue weighted by molar-refractivity contribution is 4.92. The molecular weight excluding hydrogens is 294 g/mol. The summed E-state index contributed by atoms with van der Waals surface area (Å²) in [7, 11) is 1.43. The second kappa shape index (κ2) is 7.80. The van der Waals surface area contributed by atoms with Gasteiger partial charge < -0.3 is 4.74 Å². The third-order valence-corrected chi connectivity index (χ3v) is 7.25. The van der Waals surface area contributed by atoms with Crippen molar-refractivity contribution in [2.45, 2.75) is 89.6 Å². The van der Waals surface area contributed by atoms with E-state index in [2.05, 4.69) is 6.92 Å². The van der Waals surface area contributed by atoms with Crippen molar-refractivity contribution in [3.05, 3.63) is 0 Å². The van der Waals surface area contributed by atoms with Crippen molar-refractivity contribution >= 4 is 0 Å². The first-order valence-electron chi connectivity index (χ1n) is 9.89. The highest BCUT2D eigenvalue weighted by Gasteiger charge is 2.42. The van der Waals surface area contributed by atoms with Gasteiger partial charge in [-0.15, -0.1) is 0 Å². The van der Waals surface area contributed by atoms with Gasteiger partial charge in [-0.25, -0.2) is 8.78 Å². The molecule has 3 aliphatic rings. The quantitative estimate of drug-likeness (QED) is 0.644. The fourth-order valence-corrected chi connectivity index (χ4v) is 5.69. The van der Waals surface area contributed by atoms with Gasteiger partial charge in [0.2, 0.25) is 0 Å². The van der Waals surface area contributed by atoms with Gasteiger partial charge in [0.25, 0.3) is 0 Å². The largest absolute Gasteiger partial charge is 0.375 e. The molecule has 0 heterocycles. The first-order chi connectivity index (χ1) is 11.1. The van der Waals surface area contributed by atoms with Crippen molar-refractivity contribution in [2.75, 3.05) is 7.11 Å². The van der Waals surface area contributed by atoms with Crippen LogP contribution in [0.1, 0.15) is 71.1 Å². The Morgan fingerprint density at radius 3 is 1.48 bits per heavy atom. The van der Waals surface area contributed by atoms with E-state index in [0.29, 0.717) is 18.8 Å². The molecule has 0 spiro atoms. The van der Waals surface area contributed by atoms with E-state index in [1.807, 2.05) is 0 Å². The smallest absolute Gasteiger partial charge is 0.129 e. The molecular formula is C20H34F2O. The summed E-state index contributed by atoms with van der Waals surface area (Å²) in [5, 5.41) is 0. The van der Waals surface area contributed by atoms with Gasteiger partial charge in [0.05, 0.1) is 0 Å². The summed E-state index contributed by atoms with van der Waals surface area (Å²) in [5.41, 5.74) is 0. The maximum atomic E-state index is 14.1. The monoisotopic (exact) mass is 328 g/mol. The molecule has 0 aliphatic heterocycles. The van der Waals surface area contributed by atoms with Crippen molar-refractivity contribution < 1.29 is 13.5 Å². The van der Waals surface area contributed by atoms with Crippen molar-refractivity contribution in [1.82, 2.24) is 0 Å². The second-order valence-electron chi connectivity index (χ2n) is 8.66. The van der Waals surface area contributed by atoms with E-state index in [4.69, 9.17) is 4.74 Å². The molecule has 3 fully saturated rings. The van der Waals surface area contributed by atoms with Crippen LogP contribution in [-0.2, 0) is 4.74 Å². The van der Waals surface area contributed by atoms with Gasteiger partial charge in [-0.1, -0.05) is 19.8 Å². The van der Waals surface area contributed by atoms with Gasteiger partial charge in [-0.3, -0.25) is 0 Å². The Labute approximate surface area is 140 Å². The van der Waals surface area contributed by atoms with Crippen LogP contribution in [0.4, 0.5) is 8.78 Å². The lowest BCUT2D eigenvalue weighted by Crippen LogP contribution is -2.43.